The number of aliphatic carboxylic acids is 1. The van der Waals surface area contributed by atoms with Gasteiger partial charge in [0, 0.05) is 5.57 Å². The summed E-state index contributed by atoms with van der Waals surface area (Å²) in [6, 6.07) is 0. The van der Waals surface area contributed by atoms with Crippen LogP contribution in [0.15, 0.2) is 12.2 Å². The van der Waals surface area contributed by atoms with Gasteiger partial charge < -0.3 is 20.2 Å². The van der Waals surface area contributed by atoms with Gasteiger partial charge in [-0.25, -0.2) is 9.59 Å². The van der Waals surface area contributed by atoms with Crippen molar-refractivity contribution in [2.24, 2.45) is 0 Å². The van der Waals surface area contributed by atoms with Crippen molar-refractivity contribution in [1.29, 1.82) is 0 Å². The summed E-state index contributed by atoms with van der Waals surface area (Å²) in [4.78, 5) is 26.7. The van der Waals surface area contributed by atoms with Crippen molar-refractivity contribution in [3.05, 3.63) is 12.2 Å². The molecule has 0 atom stereocenters. The van der Waals surface area contributed by atoms with Crippen molar-refractivity contribution in [2.75, 3.05) is 0 Å². The molecule has 7 heteroatoms. The van der Waals surface area contributed by atoms with E-state index in [2.05, 4.69) is 6.58 Å². The molecule has 3 N–H and O–H groups in total. The molecule has 0 saturated heterocycles. The fourth-order valence-electron chi connectivity index (χ4n) is 1.28. The number of hydroxylamine groups is 2. The molecule has 104 valence electrons. The van der Waals surface area contributed by atoms with E-state index in [4.69, 9.17) is 9.94 Å². The number of nitrogens with zero attached hydrogens (tertiary/aromatic N) is 1. The fourth-order valence-corrected chi connectivity index (χ4v) is 1.28. The number of rotatable bonds is 6. The Kier molecular flexibility index (Phi) is 5.03. The van der Waals surface area contributed by atoms with E-state index in [1.54, 1.807) is 0 Å². The van der Waals surface area contributed by atoms with E-state index in [0.29, 0.717) is 5.06 Å². The Morgan fingerprint density at radius 2 is 1.56 bits per heavy atom. The molecule has 7 nitrogen and oxygen atoms in total. The molecule has 0 spiro atoms. The van der Waals surface area contributed by atoms with Crippen LogP contribution in [-0.2, 0) is 14.4 Å². The van der Waals surface area contributed by atoms with Gasteiger partial charge in [-0.3, -0.25) is 0 Å². The Morgan fingerprint density at radius 1 is 1.17 bits per heavy atom. The van der Waals surface area contributed by atoms with Crippen LogP contribution in [0.2, 0.25) is 0 Å². The van der Waals surface area contributed by atoms with E-state index >= 15 is 0 Å². The van der Waals surface area contributed by atoms with Gasteiger partial charge >= 0.3 is 11.9 Å². The van der Waals surface area contributed by atoms with Gasteiger partial charge in [-0.05, 0) is 27.7 Å². The van der Waals surface area contributed by atoms with Crippen LogP contribution in [0, 0.1) is 0 Å². The van der Waals surface area contributed by atoms with Crippen LogP contribution in [-0.4, -0.2) is 43.8 Å². The number of carboxylic acid groups (broad SMARTS) is 1. The molecule has 0 aliphatic heterocycles. The van der Waals surface area contributed by atoms with E-state index in [9.17, 15) is 19.8 Å². The molecule has 0 bridgehead atoms. The second kappa shape index (κ2) is 5.47. The summed E-state index contributed by atoms with van der Waals surface area (Å²) in [7, 11) is 0. The molecule has 0 rings (SSSR count). The number of carbonyl (C=O) groups excluding carboxylic acids is 1. The first-order valence-electron chi connectivity index (χ1n) is 5.22. The number of hydrogen-bond donors (Lipinski definition) is 3. The Labute approximate surface area is 105 Å². The maximum atomic E-state index is 11.5. The van der Waals surface area contributed by atoms with E-state index in [-0.39, 0.29) is 5.57 Å². The van der Waals surface area contributed by atoms with Gasteiger partial charge in [0.2, 0.25) is 0 Å². The summed E-state index contributed by atoms with van der Waals surface area (Å²) in [6.45, 7) is 8.42. The van der Waals surface area contributed by atoms with Crippen LogP contribution in [0.4, 0.5) is 0 Å². The molecular formula is C11H19NO6. The first-order chi connectivity index (χ1) is 7.85. The summed E-state index contributed by atoms with van der Waals surface area (Å²) >= 11 is 0. The molecule has 0 aliphatic carbocycles. The summed E-state index contributed by atoms with van der Waals surface area (Å²) < 4.78 is 0. The first-order valence-corrected chi connectivity index (χ1v) is 5.22. The van der Waals surface area contributed by atoms with E-state index in [1.165, 1.54) is 27.7 Å². The maximum Gasteiger partial charge on any atom is 0.331 e. The Hall–Kier alpha value is -1.44. The quantitative estimate of drug-likeness (QED) is 0.357. The monoisotopic (exact) mass is 261 g/mol. The minimum atomic E-state index is -1.63. The second-order valence-corrected chi connectivity index (χ2v) is 4.83. The van der Waals surface area contributed by atoms with Crippen molar-refractivity contribution >= 4 is 11.9 Å². The summed E-state index contributed by atoms with van der Waals surface area (Å²) in [6.07, 6.45) is -0.544. The van der Waals surface area contributed by atoms with Crippen LogP contribution in [0.1, 0.15) is 34.1 Å². The van der Waals surface area contributed by atoms with Gasteiger partial charge in [-0.1, -0.05) is 11.6 Å². The minimum Gasteiger partial charge on any atom is -0.478 e. The number of carboxylic acids is 1. The lowest BCUT2D eigenvalue weighted by molar-refractivity contribution is -0.346. The summed E-state index contributed by atoms with van der Waals surface area (Å²) in [5.41, 5.74) is -3.59. The maximum absolute atomic E-state index is 11.5. The van der Waals surface area contributed by atoms with Crippen LogP contribution in [0.3, 0.4) is 0 Å². The molecule has 0 amide bonds. The van der Waals surface area contributed by atoms with Gasteiger partial charge in [0.1, 0.15) is 11.4 Å². The van der Waals surface area contributed by atoms with E-state index in [0.717, 1.165) is 0 Å². The molecule has 0 unspecified atom stereocenters. The molecule has 18 heavy (non-hydrogen) atoms. The smallest absolute Gasteiger partial charge is 0.331 e. The number of hydrogen-bond acceptors (Lipinski definition) is 6. The highest BCUT2D eigenvalue weighted by molar-refractivity contribution is 5.91. The predicted molar refractivity (Wildman–Crippen MR) is 61.9 cm³/mol. The lowest BCUT2D eigenvalue weighted by Gasteiger charge is -2.39. The van der Waals surface area contributed by atoms with Gasteiger partial charge in [0.25, 0.3) is 0 Å². The molecule has 0 fully saturated rings. The van der Waals surface area contributed by atoms with Crippen molar-refractivity contribution in [3.63, 3.8) is 0 Å². The lowest BCUT2D eigenvalue weighted by Crippen LogP contribution is -2.56. The largest absolute Gasteiger partial charge is 0.478 e. The highest BCUT2D eigenvalue weighted by Crippen LogP contribution is 2.22. The van der Waals surface area contributed by atoms with Crippen LogP contribution in [0.25, 0.3) is 0 Å². The van der Waals surface area contributed by atoms with Crippen molar-refractivity contribution < 1.29 is 29.7 Å². The molecule has 0 aromatic heterocycles. The third-order valence-corrected chi connectivity index (χ3v) is 1.85. The molecule has 0 aliphatic rings. The Bertz CT molecular complexity index is 336. The van der Waals surface area contributed by atoms with E-state index < -0.39 is 29.8 Å². The standard InChI is InChI=1S/C11H19NO6/c1-7(9(14)15)6-8(13)18-12(10(2,3)16)11(4,5)17/h16-17H,1,6H2,2-5H3,(H,14,15). The average Bonchev–Trinajstić information content (AvgIpc) is 2.10. The van der Waals surface area contributed by atoms with Gasteiger partial charge in [-0.2, -0.15) is 0 Å². The van der Waals surface area contributed by atoms with Crippen LogP contribution < -0.4 is 0 Å². The molecule has 0 saturated carbocycles. The summed E-state index contributed by atoms with van der Waals surface area (Å²) in [5, 5.41) is 28.8. The molecule has 0 radical (unpaired) electrons. The zero-order valence-corrected chi connectivity index (χ0v) is 10.9. The van der Waals surface area contributed by atoms with Crippen molar-refractivity contribution in [2.45, 2.75) is 45.6 Å². The van der Waals surface area contributed by atoms with Gasteiger partial charge in [0.05, 0.1) is 6.42 Å². The Morgan fingerprint density at radius 3 is 1.83 bits per heavy atom. The highest BCUT2D eigenvalue weighted by Gasteiger charge is 2.39. The zero-order valence-electron chi connectivity index (χ0n) is 10.9. The van der Waals surface area contributed by atoms with Crippen molar-refractivity contribution in [1.82, 2.24) is 5.06 Å². The molecular weight excluding hydrogens is 242 g/mol. The fraction of sp³-hybridized carbons (Fsp3) is 0.636. The van der Waals surface area contributed by atoms with E-state index in [1.807, 2.05) is 0 Å². The van der Waals surface area contributed by atoms with Crippen molar-refractivity contribution in [3.8, 4) is 0 Å². The SMILES string of the molecule is C=C(CC(=O)ON(C(C)(C)O)C(C)(C)O)C(=O)O. The third kappa shape index (κ3) is 5.26. The van der Waals surface area contributed by atoms with Gasteiger partial charge in [0.15, 0.2) is 0 Å². The number of carbonyl (C=O) groups is 2. The topological polar surface area (TPSA) is 107 Å². The van der Waals surface area contributed by atoms with Gasteiger partial charge in [-0.15, -0.1) is 0 Å². The highest BCUT2D eigenvalue weighted by atomic mass is 16.7. The average molecular weight is 261 g/mol. The first kappa shape index (κ1) is 16.6. The number of aliphatic hydroxyl groups is 2. The minimum absolute atomic E-state index is 0.341. The predicted octanol–water partition coefficient (Wildman–Crippen LogP) is 0.234. The third-order valence-electron chi connectivity index (χ3n) is 1.85. The Balaban J connectivity index is 4.77. The molecule has 0 heterocycles. The second-order valence-electron chi connectivity index (χ2n) is 4.83. The molecule has 0 aromatic carbocycles. The normalized spacial score (nSPS) is 12.4. The zero-order chi connectivity index (χ0) is 14.7. The summed E-state index contributed by atoms with van der Waals surface area (Å²) in [5.74, 6) is -2.25. The van der Waals surface area contributed by atoms with Crippen LogP contribution in [0.5, 0.6) is 0 Å². The van der Waals surface area contributed by atoms with Crippen LogP contribution >= 0.6 is 0 Å². The lowest BCUT2D eigenvalue weighted by atomic mass is 10.2. The molecule has 0 aromatic rings.